The van der Waals surface area contributed by atoms with Crippen molar-refractivity contribution in [2.45, 2.75) is 26.2 Å². The third kappa shape index (κ3) is 4.99. The van der Waals surface area contributed by atoms with Gasteiger partial charge in [0.1, 0.15) is 11.5 Å². The summed E-state index contributed by atoms with van der Waals surface area (Å²) in [6, 6.07) is 14.4. The number of para-hydroxylation sites is 2. The lowest BCUT2D eigenvalue weighted by Crippen LogP contribution is -2.44. The molecule has 0 saturated carbocycles. The predicted octanol–water partition coefficient (Wildman–Crippen LogP) is 3.05. The van der Waals surface area contributed by atoms with Gasteiger partial charge in [-0.1, -0.05) is 44.2 Å². The van der Waals surface area contributed by atoms with Crippen LogP contribution in [-0.4, -0.2) is 25.5 Å². The van der Waals surface area contributed by atoms with E-state index in [1.807, 2.05) is 24.3 Å². The van der Waals surface area contributed by atoms with Gasteiger partial charge < -0.3 is 9.47 Å². The van der Waals surface area contributed by atoms with E-state index >= 15 is 0 Å². The van der Waals surface area contributed by atoms with Crippen molar-refractivity contribution in [2.24, 2.45) is 0 Å². The summed E-state index contributed by atoms with van der Waals surface area (Å²) >= 11 is 0. The second kappa shape index (κ2) is 9.46. The van der Waals surface area contributed by atoms with E-state index in [-0.39, 0.29) is 6.61 Å². The van der Waals surface area contributed by atoms with E-state index in [4.69, 9.17) is 9.47 Å². The summed E-state index contributed by atoms with van der Waals surface area (Å²) in [5, 5.41) is 0. The standard InChI is InChI=1S/C20H24N2O4/c1-4-14(2)15-9-5-8-12-18(15)26-13-19(23)21-22-20(24)16-10-6-7-11-17(16)25-3/h5-12,14H,4,13H2,1-3H3,(H,21,23)(H,22,24)/t14-/m0/s1. The molecule has 0 radical (unpaired) electrons. The second-order valence-corrected chi connectivity index (χ2v) is 5.84. The van der Waals surface area contributed by atoms with Gasteiger partial charge in [-0.15, -0.1) is 0 Å². The van der Waals surface area contributed by atoms with Crippen LogP contribution in [0.4, 0.5) is 0 Å². The summed E-state index contributed by atoms with van der Waals surface area (Å²) in [6.45, 7) is 4.01. The van der Waals surface area contributed by atoms with Gasteiger partial charge in [0.25, 0.3) is 11.8 Å². The molecule has 138 valence electrons. The molecule has 0 unspecified atom stereocenters. The lowest BCUT2D eigenvalue weighted by Gasteiger charge is -2.15. The normalized spacial score (nSPS) is 11.3. The summed E-state index contributed by atoms with van der Waals surface area (Å²) in [5.41, 5.74) is 6.09. The molecule has 0 bridgehead atoms. The fourth-order valence-electron chi connectivity index (χ4n) is 2.44. The Morgan fingerprint density at radius 1 is 1.00 bits per heavy atom. The minimum absolute atomic E-state index is 0.195. The Labute approximate surface area is 153 Å². The van der Waals surface area contributed by atoms with Crippen LogP contribution >= 0.6 is 0 Å². The van der Waals surface area contributed by atoms with Gasteiger partial charge in [-0.2, -0.15) is 0 Å². The molecule has 2 aromatic carbocycles. The van der Waals surface area contributed by atoms with Crippen LogP contribution in [0.15, 0.2) is 48.5 Å². The van der Waals surface area contributed by atoms with Gasteiger partial charge in [0.2, 0.25) is 0 Å². The molecular formula is C20H24N2O4. The Morgan fingerprint density at radius 3 is 2.35 bits per heavy atom. The van der Waals surface area contributed by atoms with E-state index in [1.165, 1.54) is 7.11 Å². The summed E-state index contributed by atoms with van der Waals surface area (Å²) in [6.07, 6.45) is 0.974. The highest BCUT2D eigenvalue weighted by molar-refractivity contribution is 5.97. The Hall–Kier alpha value is -3.02. The molecule has 0 aliphatic heterocycles. The summed E-state index contributed by atoms with van der Waals surface area (Å²) in [7, 11) is 1.48. The average Bonchev–Trinajstić information content (AvgIpc) is 2.69. The minimum atomic E-state index is -0.462. The first-order valence-corrected chi connectivity index (χ1v) is 8.50. The van der Waals surface area contributed by atoms with Gasteiger partial charge in [-0.3, -0.25) is 20.4 Å². The quantitative estimate of drug-likeness (QED) is 0.748. The number of ether oxygens (including phenoxy) is 2. The zero-order valence-corrected chi connectivity index (χ0v) is 15.2. The average molecular weight is 356 g/mol. The van der Waals surface area contributed by atoms with Crippen molar-refractivity contribution >= 4 is 11.8 Å². The first-order chi connectivity index (χ1) is 12.6. The Balaban J connectivity index is 1.89. The largest absolute Gasteiger partial charge is 0.496 e. The van der Waals surface area contributed by atoms with Crippen LogP contribution in [0.25, 0.3) is 0 Å². The van der Waals surface area contributed by atoms with E-state index in [0.29, 0.717) is 23.0 Å². The fraction of sp³-hybridized carbons (Fsp3) is 0.300. The number of hydrogen-bond donors (Lipinski definition) is 2. The van der Waals surface area contributed by atoms with Crippen molar-refractivity contribution in [1.82, 2.24) is 10.9 Å². The van der Waals surface area contributed by atoms with Crippen molar-refractivity contribution in [1.29, 1.82) is 0 Å². The van der Waals surface area contributed by atoms with E-state index in [1.54, 1.807) is 24.3 Å². The number of carbonyl (C=O) groups excluding carboxylic acids is 2. The zero-order chi connectivity index (χ0) is 18.9. The molecule has 0 aliphatic rings. The van der Waals surface area contributed by atoms with Crippen LogP contribution in [0, 0.1) is 0 Å². The number of carbonyl (C=O) groups is 2. The summed E-state index contributed by atoms with van der Waals surface area (Å²) in [5.74, 6) is 0.522. The van der Waals surface area contributed by atoms with E-state index < -0.39 is 11.8 Å². The smallest absolute Gasteiger partial charge is 0.276 e. The SMILES string of the molecule is CC[C@H](C)c1ccccc1OCC(=O)NNC(=O)c1ccccc1OC. The van der Waals surface area contributed by atoms with Crippen molar-refractivity contribution < 1.29 is 19.1 Å². The van der Waals surface area contributed by atoms with Crippen LogP contribution < -0.4 is 20.3 Å². The van der Waals surface area contributed by atoms with E-state index in [9.17, 15) is 9.59 Å². The van der Waals surface area contributed by atoms with Gasteiger partial charge in [0.15, 0.2) is 6.61 Å². The molecule has 2 amide bonds. The molecule has 0 aromatic heterocycles. The van der Waals surface area contributed by atoms with Crippen molar-refractivity contribution in [3.8, 4) is 11.5 Å². The molecule has 2 rings (SSSR count). The third-order valence-corrected chi connectivity index (χ3v) is 4.09. The second-order valence-electron chi connectivity index (χ2n) is 5.84. The van der Waals surface area contributed by atoms with Gasteiger partial charge in [0.05, 0.1) is 12.7 Å². The number of rotatable bonds is 7. The lowest BCUT2D eigenvalue weighted by molar-refractivity contribution is -0.123. The van der Waals surface area contributed by atoms with Gasteiger partial charge in [0, 0.05) is 0 Å². The first kappa shape index (κ1) is 19.3. The van der Waals surface area contributed by atoms with Crippen molar-refractivity contribution in [3.63, 3.8) is 0 Å². The number of nitrogens with one attached hydrogen (secondary N) is 2. The molecule has 0 heterocycles. The monoisotopic (exact) mass is 356 g/mol. The molecule has 0 aliphatic carbocycles. The Bertz CT molecular complexity index is 761. The molecule has 26 heavy (non-hydrogen) atoms. The maximum atomic E-state index is 12.1. The molecule has 2 aromatic rings. The fourth-order valence-corrected chi connectivity index (χ4v) is 2.44. The van der Waals surface area contributed by atoms with Crippen LogP contribution in [0.3, 0.4) is 0 Å². The highest BCUT2D eigenvalue weighted by atomic mass is 16.5. The maximum absolute atomic E-state index is 12.1. The lowest BCUT2D eigenvalue weighted by atomic mass is 9.98. The van der Waals surface area contributed by atoms with E-state index in [0.717, 1.165) is 12.0 Å². The van der Waals surface area contributed by atoms with Gasteiger partial charge in [-0.25, -0.2) is 0 Å². The molecule has 0 saturated heterocycles. The molecule has 6 nitrogen and oxygen atoms in total. The zero-order valence-electron chi connectivity index (χ0n) is 15.2. The van der Waals surface area contributed by atoms with Crippen LogP contribution in [-0.2, 0) is 4.79 Å². The molecule has 6 heteroatoms. The van der Waals surface area contributed by atoms with Crippen molar-refractivity contribution in [3.05, 3.63) is 59.7 Å². The highest BCUT2D eigenvalue weighted by Gasteiger charge is 2.14. The maximum Gasteiger partial charge on any atom is 0.276 e. The Morgan fingerprint density at radius 2 is 1.65 bits per heavy atom. The summed E-state index contributed by atoms with van der Waals surface area (Å²) in [4.78, 5) is 24.1. The topological polar surface area (TPSA) is 76.7 Å². The predicted molar refractivity (Wildman–Crippen MR) is 99.2 cm³/mol. The molecule has 2 N–H and O–H groups in total. The minimum Gasteiger partial charge on any atom is -0.496 e. The molecule has 1 atom stereocenters. The number of hydrazine groups is 1. The first-order valence-electron chi connectivity index (χ1n) is 8.50. The number of methoxy groups -OCH3 is 1. The number of hydrogen-bond acceptors (Lipinski definition) is 4. The van der Waals surface area contributed by atoms with Crippen LogP contribution in [0.5, 0.6) is 11.5 Å². The molecule has 0 fully saturated rings. The Kier molecular flexibility index (Phi) is 7.02. The van der Waals surface area contributed by atoms with Gasteiger partial charge in [-0.05, 0) is 36.1 Å². The highest BCUT2D eigenvalue weighted by Crippen LogP contribution is 2.28. The third-order valence-electron chi connectivity index (χ3n) is 4.09. The van der Waals surface area contributed by atoms with E-state index in [2.05, 4.69) is 24.7 Å². The molecular weight excluding hydrogens is 332 g/mol. The number of amides is 2. The number of benzene rings is 2. The van der Waals surface area contributed by atoms with Gasteiger partial charge >= 0.3 is 0 Å². The molecule has 0 spiro atoms. The van der Waals surface area contributed by atoms with Crippen molar-refractivity contribution in [2.75, 3.05) is 13.7 Å². The summed E-state index contributed by atoms with van der Waals surface area (Å²) < 4.78 is 10.7. The van der Waals surface area contributed by atoms with Crippen LogP contribution in [0.1, 0.15) is 42.1 Å². The van der Waals surface area contributed by atoms with Crippen LogP contribution in [0.2, 0.25) is 0 Å².